The number of aromatic nitrogens is 1. The van der Waals surface area contributed by atoms with E-state index in [4.69, 9.17) is 17.3 Å². The van der Waals surface area contributed by atoms with Crippen LogP contribution in [-0.2, 0) is 0 Å². The average molecular weight is 297 g/mol. The quantitative estimate of drug-likeness (QED) is 0.671. The first-order valence-corrected chi connectivity index (χ1v) is 4.35. The molecule has 9 heteroatoms. The zero-order chi connectivity index (χ0) is 12.6. The normalized spacial score (nSPS) is 14.1. The van der Waals surface area contributed by atoms with Crippen molar-refractivity contribution in [1.29, 1.82) is 0 Å². The van der Waals surface area contributed by atoms with Crippen LogP contribution in [0, 0.1) is 0 Å². The Balaban J connectivity index is 0.00000256. The zero-order valence-electron chi connectivity index (χ0n) is 8.01. The standard InChI is InChI=1S/C8H6ClF5N2.ClH/c9-5-2-1-4(3-16-5)6(15)7(10,11)8(12,13)14;/h1-3,6H,15H2;1H/t6-;/m1./s1. The number of halogens is 7. The van der Waals surface area contributed by atoms with Gasteiger partial charge in [0, 0.05) is 6.20 Å². The van der Waals surface area contributed by atoms with Crippen LogP contribution in [0.25, 0.3) is 0 Å². The molecule has 1 atom stereocenters. The first-order chi connectivity index (χ1) is 7.16. The lowest BCUT2D eigenvalue weighted by molar-refractivity contribution is -0.291. The molecule has 0 unspecified atom stereocenters. The molecular weight excluding hydrogens is 290 g/mol. The van der Waals surface area contributed by atoms with Gasteiger partial charge in [-0.05, 0) is 11.6 Å². The fourth-order valence-electron chi connectivity index (χ4n) is 0.957. The molecule has 0 amide bonds. The molecule has 0 fully saturated rings. The van der Waals surface area contributed by atoms with E-state index in [1.54, 1.807) is 0 Å². The minimum absolute atomic E-state index is 0. The van der Waals surface area contributed by atoms with Gasteiger partial charge in [-0.1, -0.05) is 17.7 Å². The van der Waals surface area contributed by atoms with Gasteiger partial charge in [0.25, 0.3) is 0 Å². The molecule has 0 saturated heterocycles. The number of nitrogens with zero attached hydrogens (tertiary/aromatic N) is 1. The van der Waals surface area contributed by atoms with Crippen molar-refractivity contribution in [3.63, 3.8) is 0 Å². The molecule has 2 N–H and O–H groups in total. The van der Waals surface area contributed by atoms with Gasteiger partial charge >= 0.3 is 12.1 Å². The van der Waals surface area contributed by atoms with Gasteiger partial charge in [-0.15, -0.1) is 12.4 Å². The molecule has 0 aliphatic carbocycles. The Hall–Kier alpha value is -0.660. The second-order valence-electron chi connectivity index (χ2n) is 3.01. The van der Waals surface area contributed by atoms with E-state index in [9.17, 15) is 22.0 Å². The zero-order valence-corrected chi connectivity index (χ0v) is 9.58. The van der Waals surface area contributed by atoms with Gasteiger partial charge in [-0.3, -0.25) is 0 Å². The number of pyridine rings is 1. The van der Waals surface area contributed by atoms with Crippen LogP contribution < -0.4 is 5.73 Å². The van der Waals surface area contributed by atoms with Crippen molar-refractivity contribution < 1.29 is 22.0 Å². The van der Waals surface area contributed by atoms with Gasteiger partial charge in [0.1, 0.15) is 11.2 Å². The highest BCUT2D eigenvalue weighted by Gasteiger charge is 2.61. The monoisotopic (exact) mass is 296 g/mol. The van der Waals surface area contributed by atoms with E-state index in [1.165, 1.54) is 0 Å². The smallest absolute Gasteiger partial charge is 0.319 e. The summed E-state index contributed by atoms with van der Waals surface area (Å²) in [6, 6.07) is -0.444. The van der Waals surface area contributed by atoms with E-state index in [0.717, 1.165) is 18.3 Å². The minimum Gasteiger partial charge on any atom is -0.319 e. The molecule has 2 nitrogen and oxygen atoms in total. The summed E-state index contributed by atoms with van der Waals surface area (Å²) in [6.07, 6.45) is -4.92. The lowest BCUT2D eigenvalue weighted by atomic mass is 10.0. The summed E-state index contributed by atoms with van der Waals surface area (Å²) in [5.74, 6) is -5.01. The highest BCUT2D eigenvalue weighted by Crippen LogP contribution is 2.43. The summed E-state index contributed by atoms with van der Waals surface area (Å²) in [6.45, 7) is 0. The van der Waals surface area contributed by atoms with Crippen molar-refractivity contribution >= 4 is 24.0 Å². The third-order valence-corrected chi connectivity index (χ3v) is 2.10. The Kier molecular flexibility index (Phi) is 5.12. The summed E-state index contributed by atoms with van der Waals surface area (Å²) in [5, 5.41) is -0.0220. The van der Waals surface area contributed by atoms with Crippen LogP contribution in [0.15, 0.2) is 18.3 Å². The van der Waals surface area contributed by atoms with Crippen LogP contribution in [0.1, 0.15) is 11.6 Å². The predicted octanol–water partition coefficient (Wildman–Crippen LogP) is 3.35. The number of hydrogen-bond donors (Lipinski definition) is 1. The second-order valence-corrected chi connectivity index (χ2v) is 3.40. The fourth-order valence-corrected chi connectivity index (χ4v) is 1.07. The molecule has 1 heterocycles. The maximum absolute atomic E-state index is 12.8. The minimum atomic E-state index is -5.70. The third kappa shape index (κ3) is 3.40. The molecule has 0 bridgehead atoms. The summed E-state index contributed by atoms with van der Waals surface area (Å²) in [5.41, 5.74) is 4.42. The number of hydrogen-bond acceptors (Lipinski definition) is 2. The molecule has 0 spiro atoms. The first-order valence-electron chi connectivity index (χ1n) is 3.98. The Labute approximate surface area is 104 Å². The fraction of sp³-hybridized carbons (Fsp3) is 0.375. The second kappa shape index (κ2) is 5.32. The molecule has 1 aromatic rings. The van der Waals surface area contributed by atoms with Crippen LogP contribution in [0.5, 0.6) is 0 Å². The highest BCUT2D eigenvalue weighted by atomic mass is 35.5. The average Bonchev–Trinajstić information content (AvgIpc) is 2.16. The molecule has 0 aliphatic rings. The van der Waals surface area contributed by atoms with Crippen molar-refractivity contribution in [2.45, 2.75) is 18.1 Å². The summed E-state index contributed by atoms with van der Waals surface area (Å²) >= 11 is 5.36. The molecule has 0 aromatic carbocycles. The lowest BCUT2D eigenvalue weighted by Gasteiger charge is -2.25. The first kappa shape index (κ1) is 16.3. The molecule has 0 saturated carbocycles. The van der Waals surface area contributed by atoms with E-state index >= 15 is 0 Å². The van der Waals surface area contributed by atoms with Crippen molar-refractivity contribution in [2.75, 3.05) is 0 Å². The Morgan fingerprint density at radius 2 is 1.71 bits per heavy atom. The molecule has 1 rings (SSSR count). The SMILES string of the molecule is Cl.N[C@H](c1ccc(Cl)nc1)C(F)(F)C(F)(F)F. The van der Waals surface area contributed by atoms with Gasteiger partial charge in [0.15, 0.2) is 0 Å². The lowest BCUT2D eigenvalue weighted by Crippen LogP contribution is -2.45. The molecule has 98 valence electrons. The van der Waals surface area contributed by atoms with E-state index in [1.807, 2.05) is 0 Å². The van der Waals surface area contributed by atoms with Crippen LogP contribution in [0.3, 0.4) is 0 Å². The summed E-state index contributed by atoms with van der Waals surface area (Å²) in [4.78, 5) is 3.38. The number of rotatable bonds is 2. The predicted molar refractivity (Wildman–Crippen MR) is 54.4 cm³/mol. The van der Waals surface area contributed by atoms with E-state index in [-0.39, 0.29) is 17.6 Å². The number of alkyl halides is 5. The van der Waals surface area contributed by atoms with Gasteiger partial charge in [0.05, 0.1) is 0 Å². The van der Waals surface area contributed by atoms with E-state index in [2.05, 4.69) is 4.98 Å². The molecular formula is C8H7Cl2F5N2. The van der Waals surface area contributed by atoms with E-state index in [0.29, 0.717) is 0 Å². The highest BCUT2D eigenvalue weighted by molar-refractivity contribution is 6.29. The topological polar surface area (TPSA) is 38.9 Å². The maximum atomic E-state index is 12.8. The van der Waals surface area contributed by atoms with Crippen LogP contribution in [-0.4, -0.2) is 17.1 Å². The number of nitrogens with two attached hydrogens (primary N) is 1. The van der Waals surface area contributed by atoms with Gasteiger partial charge < -0.3 is 5.73 Å². The summed E-state index contributed by atoms with van der Waals surface area (Å²) in [7, 11) is 0. The molecule has 0 aliphatic heterocycles. The van der Waals surface area contributed by atoms with Gasteiger partial charge in [-0.25, -0.2) is 4.98 Å². The largest absolute Gasteiger partial charge is 0.455 e. The van der Waals surface area contributed by atoms with E-state index < -0.39 is 23.7 Å². The van der Waals surface area contributed by atoms with Crippen molar-refractivity contribution in [2.24, 2.45) is 5.73 Å². The molecule has 1 aromatic heterocycles. The van der Waals surface area contributed by atoms with Crippen molar-refractivity contribution in [3.05, 3.63) is 29.0 Å². The Morgan fingerprint density at radius 1 is 1.18 bits per heavy atom. The van der Waals surface area contributed by atoms with Crippen LogP contribution >= 0.6 is 24.0 Å². The van der Waals surface area contributed by atoms with Gasteiger partial charge in [-0.2, -0.15) is 22.0 Å². The van der Waals surface area contributed by atoms with Crippen molar-refractivity contribution in [3.8, 4) is 0 Å². The van der Waals surface area contributed by atoms with Crippen LogP contribution in [0.2, 0.25) is 5.15 Å². The Morgan fingerprint density at radius 3 is 2.06 bits per heavy atom. The summed E-state index contributed by atoms with van der Waals surface area (Å²) < 4.78 is 61.5. The third-order valence-electron chi connectivity index (χ3n) is 1.88. The Bertz CT molecular complexity index is 365. The maximum Gasteiger partial charge on any atom is 0.455 e. The van der Waals surface area contributed by atoms with Crippen molar-refractivity contribution in [1.82, 2.24) is 4.98 Å². The van der Waals surface area contributed by atoms with Gasteiger partial charge in [0.2, 0.25) is 0 Å². The molecule has 17 heavy (non-hydrogen) atoms. The molecule has 0 radical (unpaired) electrons. The van der Waals surface area contributed by atoms with Crippen LogP contribution in [0.4, 0.5) is 22.0 Å².